The Morgan fingerprint density at radius 1 is 1.17 bits per heavy atom. The summed E-state index contributed by atoms with van der Waals surface area (Å²) in [6.45, 7) is 3.35. The molecule has 6 nitrogen and oxygen atoms in total. The first-order chi connectivity index (χ1) is 14.0. The van der Waals surface area contributed by atoms with Gasteiger partial charge in [0, 0.05) is 36.6 Å². The molecule has 0 aliphatic rings. The average Bonchev–Trinajstić information content (AvgIpc) is 3.38. The predicted octanol–water partition coefficient (Wildman–Crippen LogP) is 4.92. The van der Waals surface area contributed by atoms with E-state index >= 15 is 0 Å². The summed E-state index contributed by atoms with van der Waals surface area (Å²) in [5.74, 6) is 0.744. The molecule has 1 aromatic carbocycles. The molecule has 0 spiro atoms. The van der Waals surface area contributed by atoms with Crippen molar-refractivity contribution in [1.82, 2.24) is 19.9 Å². The van der Waals surface area contributed by atoms with Gasteiger partial charge < -0.3 is 10.3 Å². The molecule has 0 bridgehead atoms. The number of carbonyl (C=O) groups is 1. The van der Waals surface area contributed by atoms with E-state index in [2.05, 4.69) is 20.3 Å². The van der Waals surface area contributed by atoms with Gasteiger partial charge in [0.1, 0.15) is 22.5 Å². The van der Waals surface area contributed by atoms with Crippen LogP contribution in [0, 0.1) is 5.82 Å². The van der Waals surface area contributed by atoms with Crippen molar-refractivity contribution < 1.29 is 9.18 Å². The lowest BCUT2D eigenvalue weighted by Gasteiger charge is -2.05. The number of imidazole rings is 1. The Bertz CT molecular complexity index is 1170. The molecular weight excluding hydrogens is 389 g/mol. The first kappa shape index (κ1) is 18.9. The van der Waals surface area contributed by atoms with Crippen LogP contribution in [0.2, 0.25) is 0 Å². The van der Waals surface area contributed by atoms with Crippen LogP contribution in [-0.4, -0.2) is 25.8 Å². The molecule has 4 rings (SSSR count). The Morgan fingerprint density at radius 3 is 2.76 bits per heavy atom. The van der Waals surface area contributed by atoms with Gasteiger partial charge in [-0.15, -0.1) is 11.3 Å². The maximum Gasteiger partial charge on any atom is 0.222 e. The second kappa shape index (κ2) is 7.92. The number of H-pyrrole nitrogens is 1. The number of carbonyl (C=O) groups excluding carboxylic acids is 1. The molecule has 146 valence electrons. The molecule has 3 aromatic heterocycles. The number of thiazole rings is 1. The summed E-state index contributed by atoms with van der Waals surface area (Å²) in [4.78, 5) is 28.7. The van der Waals surface area contributed by atoms with Crippen LogP contribution >= 0.6 is 11.3 Å². The molecule has 0 aliphatic carbocycles. The lowest BCUT2D eigenvalue weighted by atomic mass is 10.0. The van der Waals surface area contributed by atoms with Crippen LogP contribution in [0.5, 0.6) is 0 Å². The van der Waals surface area contributed by atoms with E-state index in [1.54, 1.807) is 30.7 Å². The highest BCUT2D eigenvalue weighted by Gasteiger charge is 2.19. The fourth-order valence-corrected chi connectivity index (χ4v) is 4.04. The number of aromatic nitrogens is 4. The second-order valence-corrected chi connectivity index (χ2v) is 7.40. The minimum atomic E-state index is -0.222. The topological polar surface area (TPSA) is 83.6 Å². The zero-order chi connectivity index (χ0) is 20.4. The number of aryl methyl sites for hydroxylation is 1. The number of amides is 1. The summed E-state index contributed by atoms with van der Waals surface area (Å²) in [7, 11) is 0. The van der Waals surface area contributed by atoms with E-state index in [-0.39, 0.29) is 11.7 Å². The third-order valence-electron chi connectivity index (χ3n) is 4.35. The second-order valence-electron chi connectivity index (χ2n) is 6.41. The molecular formula is C21H18FN5OS. The van der Waals surface area contributed by atoms with Crippen molar-refractivity contribution in [3.63, 3.8) is 0 Å². The Kier molecular flexibility index (Phi) is 5.18. The number of hydrogen-bond acceptors (Lipinski definition) is 5. The SMILES string of the molecule is CCc1cc(-c2nc(-c3ccnc(NC(C)=O)c3)sc2-c2ncc[nH]2)ccc1F. The molecule has 2 N–H and O–H groups in total. The summed E-state index contributed by atoms with van der Waals surface area (Å²) in [6.07, 6.45) is 5.66. The van der Waals surface area contributed by atoms with Gasteiger partial charge in [0.25, 0.3) is 0 Å². The number of nitrogens with one attached hydrogen (secondary N) is 2. The Balaban J connectivity index is 1.84. The van der Waals surface area contributed by atoms with Gasteiger partial charge in [-0.25, -0.2) is 19.3 Å². The molecule has 8 heteroatoms. The minimum absolute atomic E-state index is 0.191. The third-order valence-corrected chi connectivity index (χ3v) is 5.46. The maximum atomic E-state index is 14.0. The van der Waals surface area contributed by atoms with E-state index in [0.717, 1.165) is 26.7 Å². The number of halogens is 1. The first-order valence-electron chi connectivity index (χ1n) is 9.08. The monoisotopic (exact) mass is 407 g/mol. The van der Waals surface area contributed by atoms with Crippen molar-refractivity contribution in [3.05, 3.63) is 60.3 Å². The van der Waals surface area contributed by atoms with E-state index < -0.39 is 0 Å². The molecule has 0 unspecified atom stereocenters. The van der Waals surface area contributed by atoms with Gasteiger partial charge in [-0.1, -0.05) is 6.92 Å². The molecule has 1 amide bonds. The quantitative estimate of drug-likeness (QED) is 0.492. The molecule has 4 aromatic rings. The lowest BCUT2D eigenvalue weighted by Crippen LogP contribution is -2.07. The largest absolute Gasteiger partial charge is 0.344 e. The molecule has 0 radical (unpaired) electrons. The zero-order valence-corrected chi connectivity index (χ0v) is 16.7. The van der Waals surface area contributed by atoms with Crippen LogP contribution in [0.1, 0.15) is 19.4 Å². The van der Waals surface area contributed by atoms with Crippen LogP contribution in [0.4, 0.5) is 10.2 Å². The molecule has 0 saturated heterocycles. The van der Waals surface area contributed by atoms with Crippen molar-refractivity contribution in [2.24, 2.45) is 0 Å². The third kappa shape index (κ3) is 3.93. The molecule has 29 heavy (non-hydrogen) atoms. The summed E-state index contributed by atoms with van der Waals surface area (Å²) >= 11 is 1.47. The number of nitrogens with zero attached hydrogens (tertiary/aromatic N) is 3. The number of pyridine rings is 1. The lowest BCUT2D eigenvalue weighted by molar-refractivity contribution is -0.114. The van der Waals surface area contributed by atoms with Crippen molar-refractivity contribution in [3.8, 4) is 32.5 Å². The van der Waals surface area contributed by atoms with Gasteiger partial charge in [-0.2, -0.15) is 0 Å². The summed E-state index contributed by atoms with van der Waals surface area (Å²) in [5.41, 5.74) is 3.02. The van der Waals surface area contributed by atoms with Crippen LogP contribution in [0.15, 0.2) is 48.9 Å². The summed E-state index contributed by atoms with van der Waals surface area (Å²) < 4.78 is 14.0. The zero-order valence-electron chi connectivity index (χ0n) is 15.9. The average molecular weight is 407 g/mol. The minimum Gasteiger partial charge on any atom is -0.344 e. The van der Waals surface area contributed by atoms with Crippen LogP contribution in [0.3, 0.4) is 0 Å². The number of anilines is 1. The summed E-state index contributed by atoms with van der Waals surface area (Å²) in [6, 6.07) is 8.64. The molecule has 0 saturated carbocycles. The van der Waals surface area contributed by atoms with E-state index in [9.17, 15) is 9.18 Å². The van der Waals surface area contributed by atoms with Gasteiger partial charge >= 0.3 is 0 Å². The number of aromatic amines is 1. The highest BCUT2D eigenvalue weighted by molar-refractivity contribution is 7.18. The standard InChI is InChI=1S/C21H18FN5OS/c1-3-13-10-14(4-5-16(13)22)18-19(20-24-8-9-25-20)29-21(27-18)15-6-7-23-17(11-15)26-12(2)28/h4-11H,3H2,1-2H3,(H,24,25)(H,23,26,28). The fourth-order valence-electron chi connectivity index (χ4n) is 2.99. The van der Waals surface area contributed by atoms with Crippen molar-refractivity contribution in [2.75, 3.05) is 5.32 Å². The summed E-state index contributed by atoms with van der Waals surface area (Å²) in [5, 5.41) is 3.44. The normalized spacial score (nSPS) is 10.9. The van der Waals surface area contributed by atoms with Gasteiger partial charge in [0.15, 0.2) is 0 Å². The molecule has 3 heterocycles. The van der Waals surface area contributed by atoms with Gasteiger partial charge in [-0.05, 0) is 42.3 Å². The Hall–Kier alpha value is -3.39. The van der Waals surface area contributed by atoms with Gasteiger partial charge in [0.2, 0.25) is 5.91 Å². The van der Waals surface area contributed by atoms with Crippen LogP contribution < -0.4 is 5.32 Å². The Morgan fingerprint density at radius 2 is 2.03 bits per heavy atom. The Labute approximate surface area is 170 Å². The maximum absolute atomic E-state index is 14.0. The van der Waals surface area contributed by atoms with Crippen molar-refractivity contribution in [1.29, 1.82) is 0 Å². The van der Waals surface area contributed by atoms with Crippen LogP contribution in [0.25, 0.3) is 32.5 Å². The van der Waals surface area contributed by atoms with E-state index in [1.807, 2.05) is 19.1 Å². The number of benzene rings is 1. The van der Waals surface area contributed by atoms with Crippen molar-refractivity contribution >= 4 is 23.1 Å². The van der Waals surface area contributed by atoms with Gasteiger partial charge in [0.05, 0.1) is 10.6 Å². The van der Waals surface area contributed by atoms with E-state index in [1.165, 1.54) is 24.3 Å². The van der Waals surface area contributed by atoms with Gasteiger partial charge in [-0.3, -0.25) is 4.79 Å². The molecule has 0 atom stereocenters. The molecule has 0 aliphatic heterocycles. The van der Waals surface area contributed by atoms with Crippen LogP contribution in [-0.2, 0) is 11.2 Å². The molecule has 0 fully saturated rings. The number of hydrogen-bond donors (Lipinski definition) is 2. The highest BCUT2D eigenvalue weighted by atomic mass is 32.1. The first-order valence-corrected chi connectivity index (χ1v) is 9.90. The predicted molar refractivity (Wildman–Crippen MR) is 112 cm³/mol. The van der Waals surface area contributed by atoms with E-state index in [0.29, 0.717) is 23.6 Å². The fraction of sp³-hybridized carbons (Fsp3) is 0.143. The number of rotatable bonds is 5. The highest BCUT2D eigenvalue weighted by Crippen LogP contribution is 2.39. The smallest absolute Gasteiger partial charge is 0.222 e. The van der Waals surface area contributed by atoms with E-state index in [4.69, 9.17) is 4.98 Å². The van der Waals surface area contributed by atoms with Crippen molar-refractivity contribution in [2.45, 2.75) is 20.3 Å².